The van der Waals surface area contributed by atoms with Gasteiger partial charge in [-0.25, -0.2) is 0 Å². The first-order chi connectivity index (χ1) is 14.6. The van der Waals surface area contributed by atoms with Crippen LogP contribution in [0, 0.1) is 0 Å². The van der Waals surface area contributed by atoms with Gasteiger partial charge in [0.25, 0.3) is 5.91 Å². The highest BCUT2D eigenvalue weighted by molar-refractivity contribution is 5.99. The molecule has 1 amide bonds. The van der Waals surface area contributed by atoms with Crippen molar-refractivity contribution in [1.29, 1.82) is 0 Å². The number of carbonyl (C=O) groups is 1. The Balaban J connectivity index is 1.85. The van der Waals surface area contributed by atoms with E-state index in [-0.39, 0.29) is 19.0 Å². The molecule has 0 aliphatic heterocycles. The van der Waals surface area contributed by atoms with Crippen molar-refractivity contribution in [3.05, 3.63) is 66.6 Å². The van der Waals surface area contributed by atoms with Crippen molar-refractivity contribution in [2.45, 2.75) is 6.54 Å². The summed E-state index contributed by atoms with van der Waals surface area (Å²) in [5.41, 5.74) is 1.10. The fourth-order valence-electron chi connectivity index (χ4n) is 2.93. The van der Waals surface area contributed by atoms with Crippen LogP contribution in [-0.4, -0.2) is 48.8 Å². The molecule has 0 fully saturated rings. The molecule has 0 bridgehead atoms. The minimum Gasteiger partial charge on any atom is -0.497 e. The molecule has 2 aromatic carbocycles. The summed E-state index contributed by atoms with van der Waals surface area (Å²) < 4.78 is 21.2. The van der Waals surface area contributed by atoms with Crippen molar-refractivity contribution in [2.24, 2.45) is 0 Å². The lowest BCUT2D eigenvalue weighted by Crippen LogP contribution is -2.31. The van der Waals surface area contributed by atoms with Gasteiger partial charge < -0.3 is 23.6 Å². The highest BCUT2D eigenvalue weighted by Crippen LogP contribution is 2.30. The van der Waals surface area contributed by atoms with Crippen molar-refractivity contribution < 1.29 is 23.5 Å². The maximum absolute atomic E-state index is 13.3. The molecule has 0 unspecified atom stereocenters. The van der Waals surface area contributed by atoms with E-state index in [2.05, 4.69) is 16.7 Å². The average Bonchev–Trinajstić information content (AvgIpc) is 3.26. The predicted molar refractivity (Wildman–Crippen MR) is 111 cm³/mol. The summed E-state index contributed by atoms with van der Waals surface area (Å²) in [6, 6.07) is 12.5. The first-order valence-electron chi connectivity index (χ1n) is 9.19. The van der Waals surface area contributed by atoms with Gasteiger partial charge in [-0.2, -0.15) is 4.98 Å². The molecule has 3 rings (SSSR count). The van der Waals surface area contributed by atoms with Crippen LogP contribution in [0.3, 0.4) is 0 Å². The van der Waals surface area contributed by atoms with Crippen LogP contribution in [0.2, 0.25) is 0 Å². The summed E-state index contributed by atoms with van der Waals surface area (Å²) >= 11 is 0. The lowest BCUT2D eigenvalue weighted by Gasteiger charge is -2.21. The molecule has 0 atom stereocenters. The number of hydrogen-bond acceptors (Lipinski definition) is 7. The lowest BCUT2D eigenvalue weighted by molar-refractivity contribution is 0.0738. The third-order valence-electron chi connectivity index (χ3n) is 4.42. The summed E-state index contributed by atoms with van der Waals surface area (Å²) in [5, 5.41) is 4.01. The van der Waals surface area contributed by atoms with E-state index < -0.39 is 0 Å². The Morgan fingerprint density at radius 2 is 1.73 bits per heavy atom. The molecule has 1 heterocycles. The van der Waals surface area contributed by atoms with Gasteiger partial charge in [0.05, 0.1) is 21.3 Å². The second-order valence-corrected chi connectivity index (χ2v) is 6.25. The van der Waals surface area contributed by atoms with Crippen LogP contribution in [0.5, 0.6) is 17.2 Å². The van der Waals surface area contributed by atoms with Gasteiger partial charge in [-0.3, -0.25) is 4.79 Å². The molecular weight excluding hydrogens is 386 g/mol. The number of ether oxygens (including phenoxy) is 3. The summed E-state index contributed by atoms with van der Waals surface area (Å²) in [5.74, 6) is 1.98. The van der Waals surface area contributed by atoms with Gasteiger partial charge in [0.2, 0.25) is 11.7 Å². The molecule has 0 aliphatic rings. The first-order valence-corrected chi connectivity index (χ1v) is 9.19. The largest absolute Gasteiger partial charge is 0.497 e. The normalized spacial score (nSPS) is 10.4. The highest BCUT2D eigenvalue weighted by Gasteiger charge is 2.25. The fraction of sp³-hybridized carbons (Fsp3) is 0.227. The quantitative estimate of drug-likeness (QED) is 0.499. The molecule has 3 aromatic rings. The van der Waals surface area contributed by atoms with E-state index in [0.29, 0.717) is 28.8 Å². The minimum atomic E-state index is -0.298. The van der Waals surface area contributed by atoms with Crippen LogP contribution in [-0.2, 0) is 6.54 Å². The van der Waals surface area contributed by atoms with E-state index in [1.807, 2.05) is 24.3 Å². The molecule has 8 nitrogen and oxygen atoms in total. The molecule has 0 radical (unpaired) electrons. The Kier molecular flexibility index (Phi) is 6.69. The summed E-state index contributed by atoms with van der Waals surface area (Å²) in [4.78, 5) is 19.2. The molecule has 30 heavy (non-hydrogen) atoms. The van der Waals surface area contributed by atoms with Crippen LogP contribution in [0.25, 0.3) is 11.4 Å². The number of rotatable bonds is 9. The van der Waals surface area contributed by atoms with Crippen molar-refractivity contribution in [2.75, 3.05) is 27.9 Å². The third-order valence-corrected chi connectivity index (χ3v) is 4.42. The van der Waals surface area contributed by atoms with Crippen LogP contribution in [0.4, 0.5) is 0 Å². The number of aromatic nitrogens is 2. The number of nitrogens with zero attached hydrogens (tertiary/aromatic N) is 3. The van der Waals surface area contributed by atoms with Crippen molar-refractivity contribution in [3.8, 4) is 28.6 Å². The van der Waals surface area contributed by atoms with Crippen molar-refractivity contribution in [1.82, 2.24) is 15.0 Å². The van der Waals surface area contributed by atoms with Gasteiger partial charge in [0, 0.05) is 12.1 Å². The lowest BCUT2D eigenvalue weighted by atomic mass is 10.1. The van der Waals surface area contributed by atoms with Gasteiger partial charge >= 0.3 is 0 Å². The summed E-state index contributed by atoms with van der Waals surface area (Å²) in [7, 11) is 4.61. The smallest absolute Gasteiger partial charge is 0.262 e. The van der Waals surface area contributed by atoms with Gasteiger partial charge in [0.15, 0.2) is 0 Å². The molecule has 8 heteroatoms. The first kappa shape index (κ1) is 20.9. The fourth-order valence-corrected chi connectivity index (χ4v) is 2.93. The van der Waals surface area contributed by atoms with E-state index >= 15 is 0 Å². The van der Waals surface area contributed by atoms with Gasteiger partial charge in [-0.1, -0.05) is 17.3 Å². The monoisotopic (exact) mass is 409 g/mol. The van der Waals surface area contributed by atoms with Crippen LogP contribution < -0.4 is 14.2 Å². The predicted octanol–water partition coefficient (Wildman–Crippen LogP) is 3.59. The number of benzene rings is 2. The SMILES string of the molecule is C=CCN(Cc1nc(-c2ccc(OC)cc2)no1)C(=O)c1c(OC)cccc1OC. The van der Waals surface area contributed by atoms with E-state index in [1.165, 1.54) is 19.1 Å². The molecule has 1 aromatic heterocycles. The molecule has 0 saturated heterocycles. The number of carbonyl (C=O) groups excluding carboxylic acids is 1. The molecular formula is C22H23N3O5. The molecule has 0 spiro atoms. The van der Waals surface area contributed by atoms with Crippen LogP contribution in [0.1, 0.15) is 16.2 Å². The van der Waals surface area contributed by atoms with Crippen LogP contribution in [0.15, 0.2) is 59.6 Å². The second-order valence-electron chi connectivity index (χ2n) is 6.25. The maximum Gasteiger partial charge on any atom is 0.262 e. The molecule has 156 valence electrons. The maximum atomic E-state index is 13.3. The van der Waals surface area contributed by atoms with Gasteiger partial charge in [-0.15, -0.1) is 6.58 Å². The topological polar surface area (TPSA) is 86.9 Å². The van der Waals surface area contributed by atoms with Crippen molar-refractivity contribution in [3.63, 3.8) is 0 Å². The zero-order valence-electron chi connectivity index (χ0n) is 17.1. The van der Waals surface area contributed by atoms with Gasteiger partial charge in [0.1, 0.15) is 29.4 Å². The summed E-state index contributed by atoms with van der Waals surface area (Å²) in [6.45, 7) is 4.12. The molecule has 0 saturated carbocycles. The Hall–Kier alpha value is -3.81. The minimum absolute atomic E-state index is 0.106. The summed E-state index contributed by atoms with van der Waals surface area (Å²) in [6.07, 6.45) is 1.63. The Labute approximate surface area is 174 Å². The Morgan fingerprint density at radius 3 is 2.30 bits per heavy atom. The number of hydrogen-bond donors (Lipinski definition) is 0. The number of methoxy groups -OCH3 is 3. The van der Waals surface area contributed by atoms with E-state index in [9.17, 15) is 4.79 Å². The number of amides is 1. The standard InChI is InChI=1S/C22H23N3O5/c1-5-13-25(22(26)20-17(28-3)7-6-8-18(20)29-4)14-19-23-21(24-30-19)15-9-11-16(27-2)12-10-15/h5-12H,1,13-14H2,2-4H3. The Morgan fingerprint density at radius 1 is 1.07 bits per heavy atom. The van der Waals surface area contributed by atoms with Crippen molar-refractivity contribution >= 4 is 5.91 Å². The zero-order valence-corrected chi connectivity index (χ0v) is 17.1. The second kappa shape index (κ2) is 9.60. The van der Waals surface area contributed by atoms with E-state index in [0.717, 1.165) is 11.3 Å². The van der Waals surface area contributed by atoms with Gasteiger partial charge in [-0.05, 0) is 36.4 Å². The zero-order chi connectivity index (χ0) is 21.5. The third kappa shape index (κ3) is 4.43. The average molecular weight is 409 g/mol. The molecule has 0 N–H and O–H groups in total. The van der Waals surface area contributed by atoms with E-state index in [4.69, 9.17) is 18.7 Å². The van der Waals surface area contributed by atoms with Crippen LogP contribution >= 0.6 is 0 Å². The van der Waals surface area contributed by atoms with E-state index in [1.54, 1.807) is 31.4 Å². The highest BCUT2D eigenvalue weighted by atomic mass is 16.5. The molecule has 0 aliphatic carbocycles. The Bertz CT molecular complexity index is 992.